The minimum atomic E-state index is 0.672. The van der Waals surface area contributed by atoms with Crippen LogP contribution in [0.4, 0.5) is 0 Å². The van der Waals surface area contributed by atoms with Gasteiger partial charge in [-0.15, -0.1) is 0 Å². The van der Waals surface area contributed by atoms with Crippen molar-refractivity contribution in [1.29, 1.82) is 0 Å². The van der Waals surface area contributed by atoms with Crippen LogP contribution in [-0.4, -0.2) is 9.73 Å². The van der Waals surface area contributed by atoms with Crippen molar-refractivity contribution in [2.24, 2.45) is 0 Å². The molecular weight excluding hydrogens is 316 g/mol. The van der Waals surface area contributed by atoms with Crippen molar-refractivity contribution in [1.82, 2.24) is 0 Å². The Balaban J connectivity index is 1.99. The highest BCUT2D eigenvalue weighted by molar-refractivity contribution is 7.82. The summed E-state index contributed by atoms with van der Waals surface area (Å²) in [6.45, 7) is 4.39. The molecule has 0 aliphatic heterocycles. The Morgan fingerprint density at radius 2 is 1.00 bits per heavy atom. The number of hydrogen-bond donors (Lipinski definition) is 0. The molecule has 120 valence electrons. The zero-order chi connectivity index (χ0) is 16.7. The van der Waals surface area contributed by atoms with Gasteiger partial charge in [0.15, 0.2) is 0 Å². The van der Waals surface area contributed by atoms with Crippen LogP contribution in [0.1, 0.15) is 55.4 Å². The van der Waals surface area contributed by atoms with Crippen LogP contribution in [0.15, 0.2) is 48.5 Å². The summed E-state index contributed by atoms with van der Waals surface area (Å²) in [7, 11) is 0. The van der Waals surface area contributed by atoms with Crippen LogP contribution in [0.2, 0.25) is 0 Å². The highest BCUT2D eigenvalue weighted by Crippen LogP contribution is 2.14. The fourth-order valence-electron chi connectivity index (χ4n) is 2.64. The highest BCUT2D eigenvalue weighted by Gasteiger charge is 2.07. The molecule has 0 saturated carbocycles. The van der Waals surface area contributed by atoms with Crippen LogP contribution in [0, 0.1) is 0 Å². The second-order valence-corrected chi connectivity index (χ2v) is 6.90. The summed E-state index contributed by atoms with van der Waals surface area (Å²) in [5.74, 6) is 0. The second kappa shape index (κ2) is 9.05. The maximum atomic E-state index is 5.58. The summed E-state index contributed by atoms with van der Waals surface area (Å²) in [6.07, 6.45) is 5.25. The molecule has 0 bridgehead atoms. The summed E-state index contributed by atoms with van der Waals surface area (Å²) in [5, 5.41) is 0. The Labute approximate surface area is 150 Å². The third-order valence-corrected chi connectivity index (χ3v) is 4.71. The zero-order valence-electron chi connectivity index (χ0n) is 14.0. The molecule has 0 radical (unpaired) electrons. The average molecular weight is 341 g/mol. The van der Waals surface area contributed by atoms with Gasteiger partial charge >= 0.3 is 0 Å². The summed E-state index contributed by atoms with van der Waals surface area (Å²) in [5.41, 5.74) is 4.97. The Morgan fingerprint density at radius 1 is 0.652 bits per heavy atom. The minimum Gasteiger partial charge on any atom is -0.0839 e. The monoisotopic (exact) mass is 340 g/mol. The topological polar surface area (TPSA) is 0 Å². The van der Waals surface area contributed by atoms with Crippen molar-refractivity contribution >= 4 is 34.2 Å². The van der Waals surface area contributed by atoms with E-state index in [9.17, 15) is 0 Å². The van der Waals surface area contributed by atoms with Gasteiger partial charge in [-0.3, -0.25) is 0 Å². The quantitative estimate of drug-likeness (QED) is 0.419. The van der Waals surface area contributed by atoms with Gasteiger partial charge < -0.3 is 0 Å². The molecule has 0 fully saturated rings. The van der Waals surface area contributed by atoms with Gasteiger partial charge in [-0.2, -0.15) is 0 Å². The third kappa shape index (κ3) is 5.33. The maximum absolute atomic E-state index is 5.58. The predicted octanol–water partition coefficient (Wildman–Crippen LogP) is 6.12. The molecular formula is C21H24S2. The van der Waals surface area contributed by atoms with Crippen LogP contribution in [0.5, 0.6) is 0 Å². The molecule has 0 amide bonds. The molecule has 0 saturated heterocycles. The second-order valence-electron chi connectivity index (χ2n) is 5.92. The van der Waals surface area contributed by atoms with Crippen LogP contribution in [0.25, 0.3) is 0 Å². The van der Waals surface area contributed by atoms with Crippen molar-refractivity contribution in [2.45, 2.75) is 46.0 Å². The first-order valence-corrected chi connectivity index (χ1v) is 9.20. The normalized spacial score (nSPS) is 10.5. The first kappa shape index (κ1) is 18.0. The van der Waals surface area contributed by atoms with Gasteiger partial charge in [0.1, 0.15) is 0 Å². The van der Waals surface area contributed by atoms with Crippen LogP contribution < -0.4 is 0 Å². The fourth-order valence-corrected chi connectivity index (χ4v) is 3.29. The summed E-state index contributed by atoms with van der Waals surface area (Å²) < 4.78 is 0. The van der Waals surface area contributed by atoms with E-state index >= 15 is 0 Å². The zero-order valence-corrected chi connectivity index (χ0v) is 15.6. The molecule has 2 heteroatoms. The number of thiocarbonyl (C=S) groups is 2. The first-order valence-electron chi connectivity index (χ1n) is 8.38. The Bertz CT molecular complexity index is 592. The van der Waals surface area contributed by atoms with E-state index < -0.39 is 0 Å². The summed E-state index contributed by atoms with van der Waals surface area (Å²) >= 11 is 11.2. The standard InChI is InChI=1S/C21H24S2/c1-3-5-16-7-11-18(12-8-16)20(22)15-21(23)19-13-9-17(6-4-2)10-14-19/h7-14H,3-6,15H2,1-2H3. The molecule has 0 unspecified atom stereocenters. The predicted molar refractivity (Wildman–Crippen MR) is 109 cm³/mol. The highest BCUT2D eigenvalue weighted by atomic mass is 32.1. The number of aryl methyl sites for hydroxylation is 2. The van der Waals surface area contributed by atoms with E-state index in [0.717, 1.165) is 33.7 Å². The molecule has 0 heterocycles. The van der Waals surface area contributed by atoms with Gasteiger partial charge in [-0.05, 0) is 35.1 Å². The number of hydrogen-bond acceptors (Lipinski definition) is 2. The number of rotatable bonds is 8. The van der Waals surface area contributed by atoms with Crippen molar-refractivity contribution in [3.8, 4) is 0 Å². The molecule has 0 aliphatic rings. The fraction of sp³-hybridized carbons (Fsp3) is 0.333. The lowest BCUT2D eigenvalue weighted by atomic mass is 10.00. The van der Waals surface area contributed by atoms with Gasteiger partial charge in [0.25, 0.3) is 0 Å². The summed E-state index contributed by atoms with van der Waals surface area (Å²) in [4.78, 5) is 1.85. The number of benzene rings is 2. The van der Waals surface area contributed by atoms with E-state index in [1.807, 2.05) is 0 Å². The van der Waals surface area contributed by atoms with Gasteiger partial charge in [0.05, 0.1) is 0 Å². The molecule has 0 N–H and O–H groups in total. The van der Waals surface area contributed by atoms with E-state index in [-0.39, 0.29) is 0 Å². The Morgan fingerprint density at radius 3 is 1.30 bits per heavy atom. The Hall–Kier alpha value is -1.38. The molecule has 23 heavy (non-hydrogen) atoms. The largest absolute Gasteiger partial charge is 0.0839 e. The lowest BCUT2D eigenvalue weighted by Gasteiger charge is -2.08. The van der Waals surface area contributed by atoms with E-state index in [1.54, 1.807) is 0 Å². The van der Waals surface area contributed by atoms with Crippen molar-refractivity contribution in [3.05, 3.63) is 70.8 Å². The molecule has 2 aromatic rings. The van der Waals surface area contributed by atoms with Gasteiger partial charge in [-0.1, -0.05) is 99.7 Å². The molecule has 0 spiro atoms. The van der Waals surface area contributed by atoms with Crippen LogP contribution >= 0.6 is 24.4 Å². The maximum Gasteiger partial charge on any atom is 0.0277 e. The average Bonchev–Trinajstić information content (AvgIpc) is 2.56. The van der Waals surface area contributed by atoms with Crippen molar-refractivity contribution in [2.75, 3.05) is 0 Å². The minimum absolute atomic E-state index is 0.672. The summed E-state index contributed by atoms with van der Waals surface area (Å²) in [6, 6.07) is 17.2. The van der Waals surface area contributed by atoms with E-state index in [4.69, 9.17) is 24.4 Å². The lowest BCUT2D eigenvalue weighted by Crippen LogP contribution is -2.07. The lowest BCUT2D eigenvalue weighted by molar-refractivity contribution is 0.922. The molecule has 2 rings (SSSR count). The van der Waals surface area contributed by atoms with Gasteiger partial charge in [0.2, 0.25) is 0 Å². The van der Waals surface area contributed by atoms with E-state index in [2.05, 4.69) is 62.4 Å². The molecule has 0 atom stereocenters. The SMILES string of the molecule is CCCc1ccc(C(=S)CC(=S)c2ccc(CCC)cc2)cc1. The molecule has 0 aliphatic carbocycles. The smallest absolute Gasteiger partial charge is 0.0277 e. The van der Waals surface area contributed by atoms with Crippen molar-refractivity contribution in [3.63, 3.8) is 0 Å². The Kier molecular flexibility index (Phi) is 7.07. The van der Waals surface area contributed by atoms with Crippen LogP contribution in [-0.2, 0) is 12.8 Å². The van der Waals surface area contributed by atoms with Gasteiger partial charge in [-0.25, -0.2) is 0 Å². The van der Waals surface area contributed by atoms with Crippen LogP contribution in [0.3, 0.4) is 0 Å². The third-order valence-electron chi connectivity index (χ3n) is 3.95. The van der Waals surface area contributed by atoms with Crippen molar-refractivity contribution < 1.29 is 0 Å². The van der Waals surface area contributed by atoms with E-state index in [1.165, 1.54) is 24.0 Å². The van der Waals surface area contributed by atoms with Gasteiger partial charge in [0, 0.05) is 16.1 Å². The molecule has 0 nitrogen and oxygen atoms in total. The molecule has 0 aromatic heterocycles. The first-order chi connectivity index (χ1) is 11.1. The van der Waals surface area contributed by atoms with E-state index in [0.29, 0.717) is 6.42 Å². The molecule has 2 aromatic carbocycles.